The van der Waals surface area contributed by atoms with Crippen molar-refractivity contribution in [3.63, 3.8) is 0 Å². The molecular weight excluding hydrogens is 419 g/mol. The SMILES string of the molecule is NS(=O)(=O)c1ccc(-n2c(-c3cn4ccc(Cl)cc4n3)n[n-]c2=S)cc1.[Na+]. The quantitative estimate of drug-likeness (QED) is 0.337. The van der Waals surface area contributed by atoms with Gasteiger partial charge in [-0.05, 0) is 23.9 Å². The predicted octanol–water partition coefficient (Wildman–Crippen LogP) is -0.822. The Hall–Kier alpha value is -1.53. The van der Waals surface area contributed by atoms with Gasteiger partial charge in [0.2, 0.25) is 10.0 Å². The zero-order valence-corrected chi connectivity index (χ0v) is 18.3. The van der Waals surface area contributed by atoms with E-state index in [2.05, 4.69) is 15.2 Å². The monoisotopic (exact) mass is 428 g/mol. The third-order valence-corrected chi connectivity index (χ3v) is 5.14. The van der Waals surface area contributed by atoms with Gasteiger partial charge in [0.15, 0.2) is 0 Å². The fraction of sp³-hybridized carbons (Fsp3) is 0. The molecule has 0 bridgehead atoms. The number of rotatable bonds is 3. The Morgan fingerprint density at radius 3 is 2.56 bits per heavy atom. The van der Waals surface area contributed by atoms with E-state index >= 15 is 0 Å². The summed E-state index contributed by atoms with van der Waals surface area (Å²) in [5.41, 5.74) is 1.79. The fourth-order valence-corrected chi connectivity index (χ4v) is 3.42. The maximum absolute atomic E-state index is 11.4. The van der Waals surface area contributed by atoms with Crippen LogP contribution in [0.5, 0.6) is 0 Å². The molecule has 0 aliphatic heterocycles. The molecule has 27 heavy (non-hydrogen) atoms. The van der Waals surface area contributed by atoms with Crippen LogP contribution in [-0.2, 0) is 10.0 Å². The van der Waals surface area contributed by atoms with Crippen molar-refractivity contribution in [3.8, 4) is 17.2 Å². The van der Waals surface area contributed by atoms with Crippen molar-refractivity contribution in [2.45, 2.75) is 4.90 Å². The molecule has 3 heterocycles. The first-order chi connectivity index (χ1) is 12.3. The summed E-state index contributed by atoms with van der Waals surface area (Å²) in [7, 11) is -3.78. The molecule has 0 unspecified atom stereocenters. The van der Waals surface area contributed by atoms with E-state index in [0.29, 0.717) is 27.9 Å². The Morgan fingerprint density at radius 2 is 1.89 bits per heavy atom. The Bertz CT molecular complexity index is 1290. The number of hydrogen-bond acceptors (Lipinski definition) is 5. The van der Waals surface area contributed by atoms with Crippen LogP contribution in [0.2, 0.25) is 5.02 Å². The average Bonchev–Trinajstić information content (AvgIpc) is 3.17. The van der Waals surface area contributed by atoms with E-state index in [1.54, 1.807) is 45.6 Å². The minimum absolute atomic E-state index is 0. The van der Waals surface area contributed by atoms with Gasteiger partial charge in [-0.3, -0.25) is 5.10 Å². The zero-order chi connectivity index (χ0) is 18.5. The maximum atomic E-state index is 11.4. The van der Waals surface area contributed by atoms with E-state index in [9.17, 15) is 8.42 Å². The molecule has 0 saturated heterocycles. The van der Waals surface area contributed by atoms with Gasteiger partial charge in [0, 0.05) is 28.3 Å². The molecule has 0 fully saturated rings. The van der Waals surface area contributed by atoms with Crippen LogP contribution in [0.3, 0.4) is 0 Å². The Labute approximate surface area is 186 Å². The minimum atomic E-state index is -3.78. The second-order valence-electron chi connectivity index (χ2n) is 5.42. The van der Waals surface area contributed by atoms with Crippen LogP contribution in [0.25, 0.3) is 22.9 Å². The maximum Gasteiger partial charge on any atom is 1.00 e. The minimum Gasteiger partial charge on any atom is -0.390 e. The summed E-state index contributed by atoms with van der Waals surface area (Å²) in [6, 6.07) is 9.42. The summed E-state index contributed by atoms with van der Waals surface area (Å²) in [6.07, 6.45) is 3.56. The topological polar surface area (TPSA) is 109 Å². The van der Waals surface area contributed by atoms with Crippen LogP contribution < -0.4 is 39.8 Å². The predicted molar refractivity (Wildman–Crippen MR) is 98.3 cm³/mol. The van der Waals surface area contributed by atoms with Gasteiger partial charge in [0.25, 0.3) is 0 Å². The van der Waals surface area contributed by atoms with Gasteiger partial charge >= 0.3 is 29.6 Å². The number of halogens is 1. The van der Waals surface area contributed by atoms with Crippen molar-refractivity contribution in [1.29, 1.82) is 0 Å². The van der Waals surface area contributed by atoms with E-state index in [0.717, 1.165) is 0 Å². The smallest absolute Gasteiger partial charge is 0.390 e. The van der Waals surface area contributed by atoms with Crippen LogP contribution in [0.15, 0.2) is 53.7 Å². The third-order valence-electron chi connectivity index (χ3n) is 3.71. The summed E-state index contributed by atoms with van der Waals surface area (Å²) < 4.78 is 26.5. The number of nitrogens with zero attached hydrogens (tertiary/aromatic N) is 5. The van der Waals surface area contributed by atoms with Gasteiger partial charge in [0.05, 0.1) is 10.7 Å². The summed E-state index contributed by atoms with van der Waals surface area (Å²) >= 11 is 11.2. The molecule has 0 radical (unpaired) electrons. The molecule has 12 heteroatoms. The van der Waals surface area contributed by atoms with Crippen molar-refractivity contribution in [2.24, 2.45) is 5.14 Å². The molecule has 1 aromatic carbocycles. The summed E-state index contributed by atoms with van der Waals surface area (Å²) in [5, 5.41) is 13.7. The first kappa shape index (κ1) is 20.2. The number of imidazole rings is 1. The summed E-state index contributed by atoms with van der Waals surface area (Å²) in [6.45, 7) is 0. The molecule has 0 amide bonds. The van der Waals surface area contributed by atoms with Gasteiger partial charge in [-0.1, -0.05) is 36.0 Å². The average molecular weight is 429 g/mol. The van der Waals surface area contributed by atoms with Crippen LogP contribution in [-0.4, -0.2) is 27.5 Å². The summed E-state index contributed by atoms with van der Waals surface area (Å²) in [4.78, 5) is 4.50. The number of hydrogen-bond donors (Lipinski definition) is 1. The van der Waals surface area contributed by atoms with E-state index in [1.807, 2.05) is 0 Å². The number of nitrogens with two attached hydrogens (primary N) is 1. The van der Waals surface area contributed by atoms with Gasteiger partial charge in [0.1, 0.15) is 11.3 Å². The summed E-state index contributed by atoms with van der Waals surface area (Å²) in [5.74, 6) is 0.429. The van der Waals surface area contributed by atoms with Crippen molar-refractivity contribution < 1.29 is 38.0 Å². The molecule has 0 spiro atoms. The zero-order valence-electron chi connectivity index (χ0n) is 13.9. The second-order valence-corrected chi connectivity index (χ2v) is 7.78. The fourth-order valence-electron chi connectivity index (χ4n) is 2.52. The van der Waals surface area contributed by atoms with Crippen molar-refractivity contribution in [3.05, 3.63) is 58.6 Å². The van der Waals surface area contributed by atoms with E-state index in [-0.39, 0.29) is 39.2 Å². The molecule has 0 aliphatic carbocycles. The van der Waals surface area contributed by atoms with Crippen molar-refractivity contribution >= 4 is 39.5 Å². The van der Waals surface area contributed by atoms with Crippen LogP contribution >= 0.6 is 23.8 Å². The number of primary sulfonamides is 1. The number of sulfonamides is 1. The standard InChI is InChI=1S/C15H11ClN6O2S2.Na/c16-9-5-6-21-8-12(18-13(21)7-9)14-19-20-15(25)22(14)10-1-3-11(4-2-10)26(17,23)24;/h1-8H,(H3,17,20,23,24,25);/q;+1/p-1. The Balaban J connectivity index is 0.00000210. The normalized spacial score (nSPS) is 11.5. The molecule has 0 saturated carbocycles. The molecule has 0 atom stereocenters. The van der Waals surface area contributed by atoms with Gasteiger partial charge < -0.3 is 14.1 Å². The molecule has 8 nitrogen and oxygen atoms in total. The van der Waals surface area contributed by atoms with E-state index in [1.165, 1.54) is 12.1 Å². The van der Waals surface area contributed by atoms with Crippen LogP contribution in [0, 0.1) is 4.77 Å². The number of fused-ring (bicyclic) bond motifs is 1. The number of pyridine rings is 1. The molecule has 4 aromatic rings. The first-order valence-electron chi connectivity index (χ1n) is 7.23. The Kier molecular flexibility index (Phi) is 5.59. The largest absolute Gasteiger partial charge is 1.00 e. The number of aromatic nitrogens is 5. The van der Waals surface area contributed by atoms with Gasteiger partial charge in [-0.2, -0.15) is 0 Å². The molecule has 0 aliphatic rings. The first-order valence-corrected chi connectivity index (χ1v) is 9.56. The van der Waals surface area contributed by atoms with Gasteiger partial charge in [-0.25, -0.2) is 18.5 Å². The molecule has 2 N–H and O–H groups in total. The van der Waals surface area contributed by atoms with Gasteiger partial charge in [-0.15, -0.1) is 0 Å². The second kappa shape index (κ2) is 7.47. The van der Waals surface area contributed by atoms with Crippen molar-refractivity contribution in [2.75, 3.05) is 0 Å². The van der Waals surface area contributed by atoms with E-state index < -0.39 is 10.0 Å². The molecule has 3 aromatic heterocycles. The van der Waals surface area contributed by atoms with E-state index in [4.69, 9.17) is 29.0 Å². The molecule has 4 rings (SSSR count). The third kappa shape index (κ3) is 3.87. The van der Waals surface area contributed by atoms with Crippen molar-refractivity contribution in [1.82, 2.24) is 24.1 Å². The number of benzene rings is 1. The molecular formula is C15H10ClN6NaO2S2. The van der Waals surface area contributed by atoms with Crippen LogP contribution in [0.4, 0.5) is 0 Å². The van der Waals surface area contributed by atoms with Crippen LogP contribution in [0.1, 0.15) is 0 Å². The Morgan fingerprint density at radius 1 is 1.19 bits per heavy atom. The molecule has 132 valence electrons.